The predicted octanol–water partition coefficient (Wildman–Crippen LogP) is 4.61. The topological polar surface area (TPSA) is 29.9 Å². The molecule has 0 saturated carbocycles. The Balaban J connectivity index is 2.52. The summed E-state index contributed by atoms with van der Waals surface area (Å²) in [5, 5.41) is 7.87. The molecule has 0 fully saturated rings. The molecule has 0 amide bonds. The van der Waals surface area contributed by atoms with Crippen LogP contribution in [0.2, 0.25) is 0 Å². The van der Waals surface area contributed by atoms with Gasteiger partial charge in [-0.1, -0.05) is 28.1 Å². The van der Waals surface area contributed by atoms with Crippen molar-refractivity contribution in [3.05, 3.63) is 50.2 Å². The van der Waals surface area contributed by atoms with Crippen LogP contribution in [0, 0.1) is 6.92 Å². The first-order valence-electron chi connectivity index (χ1n) is 6.62. The number of aryl methyl sites for hydroxylation is 1. The van der Waals surface area contributed by atoms with Gasteiger partial charge in [0.25, 0.3) is 0 Å². The first-order valence-corrected chi connectivity index (χ1v) is 8.20. The number of nitrogens with zero attached hydrogens (tertiary/aromatic N) is 2. The van der Waals surface area contributed by atoms with E-state index in [9.17, 15) is 0 Å². The van der Waals surface area contributed by atoms with Crippen LogP contribution in [-0.4, -0.2) is 16.8 Å². The molecular weight excluding hydrogens is 382 g/mol. The summed E-state index contributed by atoms with van der Waals surface area (Å²) >= 11 is 7.18. The quantitative estimate of drug-likeness (QED) is 0.812. The summed E-state index contributed by atoms with van der Waals surface area (Å²) in [7, 11) is 1.98. The molecule has 1 atom stereocenters. The van der Waals surface area contributed by atoms with Crippen molar-refractivity contribution in [1.82, 2.24) is 15.1 Å². The van der Waals surface area contributed by atoms with E-state index in [2.05, 4.69) is 85.9 Å². The van der Waals surface area contributed by atoms with Gasteiger partial charge in [-0.3, -0.25) is 4.68 Å². The molecule has 0 aliphatic rings. The maximum Gasteiger partial charge on any atom is 0.0757 e. The monoisotopic (exact) mass is 399 g/mol. The maximum atomic E-state index is 4.47. The van der Waals surface area contributed by atoms with Gasteiger partial charge in [-0.25, -0.2) is 0 Å². The van der Waals surface area contributed by atoms with E-state index >= 15 is 0 Å². The van der Waals surface area contributed by atoms with Crippen LogP contribution < -0.4 is 5.32 Å². The smallest absolute Gasteiger partial charge is 0.0757 e. The third-order valence-electron chi connectivity index (χ3n) is 3.35. The molecule has 0 bridgehead atoms. The average Bonchev–Trinajstić information content (AvgIpc) is 2.77. The number of nitrogens with one attached hydrogen (secondary N) is 1. The van der Waals surface area contributed by atoms with E-state index < -0.39 is 0 Å². The molecule has 0 spiro atoms. The van der Waals surface area contributed by atoms with Crippen LogP contribution in [0.25, 0.3) is 0 Å². The number of halogens is 2. The zero-order valence-electron chi connectivity index (χ0n) is 12.1. The lowest BCUT2D eigenvalue weighted by atomic mass is 10.0. The molecule has 0 aliphatic carbocycles. The van der Waals surface area contributed by atoms with Crippen LogP contribution in [-0.2, 0) is 0 Å². The molecule has 5 heteroatoms. The Hall–Kier alpha value is -0.650. The molecule has 3 nitrogen and oxygen atoms in total. The summed E-state index contributed by atoms with van der Waals surface area (Å²) in [4.78, 5) is 0. The van der Waals surface area contributed by atoms with E-state index in [0.29, 0.717) is 6.04 Å². The summed E-state index contributed by atoms with van der Waals surface area (Å²) < 4.78 is 4.22. The van der Waals surface area contributed by atoms with Crippen molar-refractivity contribution in [3.8, 4) is 0 Å². The second kappa shape index (κ2) is 6.41. The Labute approximate surface area is 137 Å². The first kappa shape index (κ1) is 15.7. The molecule has 0 saturated heterocycles. The van der Waals surface area contributed by atoms with Crippen molar-refractivity contribution < 1.29 is 0 Å². The lowest BCUT2D eigenvalue weighted by molar-refractivity contribution is 0.483. The van der Waals surface area contributed by atoms with E-state index in [1.165, 1.54) is 11.1 Å². The van der Waals surface area contributed by atoms with Gasteiger partial charge < -0.3 is 5.32 Å². The largest absolute Gasteiger partial charge is 0.308 e. The van der Waals surface area contributed by atoms with Gasteiger partial charge in [-0.15, -0.1) is 0 Å². The van der Waals surface area contributed by atoms with Gasteiger partial charge in [0.15, 0.2) is 0 Å². The van der Waals surface area contributed by atoms with Gasteiger partial charge in [0.2, 0.25) is 0 Å². The minimum atomic E-state index is 0.112. The molecule has 108 valence electrons. The molecule has 0 radical (unpaired) electrons. The van der Waals surface area contributed by atoms with Crippen molar-refractivity contribution in [2.24, 2.45) is 0 Å². The second-order valence-electron chi connectivity index (χ2n) is 5.15. The second-order valence-corrected chi connectivity index (χ2v) is 6.86. The number of aromatic nitrogens is 2. The van der Waals surface area contributed by atoms with Crippen LogP contribution in [0.4, 0.5) is 0 Å². The van der Waals surface area contributed by atoms with Gasteiger partial charge >= 0.3 is 0 Å². The molecule has 20 heavy (non-hydrogen) atoms. The molecule has 2 aromatic rings. The van der Waals surface area contributed by atoms with Crippen molar-refractivity contribution in [1.29, 1.82) is 0 Å². The highest BCUT2D eigenvalue weighted by molar-refractivity contribution is 9.10. The number of hydrogen-bond donors (Lipinski definition) is 1. The molecule has 0 aliphatic heterocycles. The predicted molar refractivity (Wildman–Crippen MR) is 90.1 cm³/mol. The average molecular weight is 401 g/mol. The van der Waals surface area contributed by atoms with Crippen LogP contribution in [0.3, 0.4) is 0 Å². The Morgan fingerprint density at radius 3 is 2.45 bits per heavy atom. The van der Waals surface area contributed by atoms with Gasteiger partial charge in [0.1, 0.15) is 0 Å². The zero-order chi connectivity index (χ0) is 14.9. The highest BCUT2D eigenvalue weighted by atomic mass is 79.9. The van der Waals surface area contributed by atoms with E-state index in [0.717, 1.165) is 14.6 Å². The van der Waals surface area contributed by atoms with Crippen molar-refractivity contribution in [2.45, 2.75) is 32.9 Å². The van der Waals surface area contributed by atoms with Gasteiger partial charge in [0.05, 0.1) is 22.4 Å². The zero-order valence-corrected chi connectivity index (χ0v) is 15.3. The van der Waals surface area contributed by atoms with Gasteiger partial charge in [0, 0.05) is 10.5 Å². The van der Waals surface area contributed by atoms with E-state index in [-0.39, 0.29) is 6.04 Å². The van der Waals surface area contributed by atoms with E-state index in [4.69, 9.17) is 0 Å². The number of rotatable bonds is 4. The van der Waals surface area contributed by atoms with Crippen LogP contribution in [0.1, 0.15) is 42.8 Å². The Bertz CT molecular complexity index is 605. The molecular formula is C15H19Br2N3. The summed E-state index contributed by atoms with van der Waals surface area (Å²) in [6.07, 6.45) is 1.87. The summed E-state index contributed by atoms with van der Waals surface area (Å²) in [6, 6.07) is 6.88. The van der Waals surface area contributed by atoms with E-state index in [1.54, 1.807) is 0 Å². The number of hydrogen-bond acceptors (Lipinski definition) is 2. The summed E-state index contributed by atoms with van der Waals surface area (Å²) in [6.45, 7) is 6.39. The fraction of sp³-hybridized carbons (Fsp3) is 0.400. The molecule has 2 rings (SSSR count). The molecule has 1 N–H and O–H groups in total. The lowest BCUT2D eigenvalue weighted by Crippen LogP contribution is -2.23. The first-order chi connectivity index (χ1) is 9.45. The van der Waals surface area contributed by atoms with Crippen LogP contribution >= 0.6 is 31.9 Å². The van der Waals surface area contributed by atoms with Crippen molar-refractivity contribution in [3.63, 3.8) is 0 Å². The Morgan fingerprint density at radius 1 is 1.20 bits per heavy atom. The highest BCUT2D eigenvalue weighted by Crippen LogP contribution is 2.31. The number of benzene rings is 1. The van der Waals surface area contributed by atoms with Gasteiger partial charge in [-0.2, -0.15) is 5.10 Å². The normalized spacial score (nSPS) is 12.9. The SMILES string of the molecule is CNC(c1ccc(Br)c(C)c1)c1c(Br)cnn1C(C)C. The standard InChI is InChI=1S/C15H19Br2N3/c1-9(2)20-15(13(17)8-19-20)14(18-4)11-5-6-12(16)10(3)7-11/h5-9,14,18H,1-4H3. The highest BCUT2D eigenvalue weighted by Gasteiger charge is 2.22. The lowest BCUT2D eigenvalue weighted by Gasteiger charge is -2.21. The van der Waals surface area contributed by atoms with Crippen molar-refractivity contribution in [2.75, 3.05) is 7.05 Å². The summed E-state index contributed by atoms with van der Waals surface area (Å²) in [5.74, 6) is 0. The van der Waals surface area contributed by atoms with Gasteiger partial charge in [-0.05, 0) is 60.9 Å². The third kappa shape index (κ3) is 3.00. The molecule has 1 aromatic carbocycles. The molecule has 1 heterocycles. The van der Waals surface area contributed by atoms with Crippen LogP contribution in [0.15, 0.2) is 33.3 Å². The Kier molecular flexibility index (Phi) is 5.04. The Morgan fingerprint density at radius 2 is 1.90 bits per heavy atom. The minimum absolute atomic E-state index is 0.112. The molecule has 1 aromatic heterocycles. The third-order valence-corrected chi connectivity index (χ3v) is 4.85. The fourth-order valence-corrected chi connectivity index (χ4v) is 3.09. The van der Waals surface area contributed by atoms with E-state index in [1.807, 2.05) is 13.2 Å². The summed E-state index contributed by atoms with van der Waals surface area (Å²) in [5.41, 5.74) is 3.62. The maximum absolute atomic E-state index is 4.47. The molecule has 1 unspecified atom stereocenters. The minimum Gasteiger partial charge on any atom is -0.308 e. The van der Waals surface area contributed by atoms with Crippen LogP contribution in [0.5, 0.6) is 0 Å². The van der Waals surface area contributed by atoms with Crippen molar-refractivity contribution >= 4 is 31.9 Å². The fourth-order valence-electron chi connectivity index (χ4n) is 2.34.